The minimum absolute atomic E-state index is 1.06. The molecule has 338 valence electrons. The van der Waals surface area contributed by atoms with Gasteiger partial charge in [0, 0.05) is 33.5 Å². The summed E-state index contributed by atoms with van der Waals surface area (Å²) in [5, 5.41) is 4.91. The monoisotopic (exact) mass is 916 g/mol. The topological polar surface area (TPSA) is 8.17 Å². The summed E-state index contributed by atoms with van der Waals surface area (Å²) in [7, 11) is 0. The molecule has 0 bridgehead atoms. The Hall–Kier alpha value is -9.50. The molecule has 72 heavy (non-hydrogen) atoms. The van der Waals surface area contributed by atoms with E-state index in [0.29, 0.717) is 0 Å². The number of fused-ring (bicyclic) bond motifs is 4. The lowest BCUT2D eigenvalue weighted by Gasteiger charge is -2.27. The van der Waals surface area contributed by atoms with Crippen molar-refractivity contribution in [1.82, 2.24) is 4.57 Å². The van der Waals surface area contributed by atoms with Crippen molar-refractivity contribution in [2.75, 3.05) is 4.90 Å². The zero-order chi connectivity index (χ0) is 47.8. The van der Waals surface area contributed by atoms with Crippen LogP contribution in [0.2, 0.25) is 0 Å². The second-order valence-electron chi connectivity index (χ2n) is 18.4. The van der Waals surface area contributed by atoms with Crippen LogP contribution in [0.5, 0.6) is 0 Å². The van der Waals surface area contributed by atoms with E-state index in [1.54, 1.807) is 0 Å². The number of benzene rings is 12. The van der Waals surface area contributed by atoms with Gasteiger partial charge in [-0.15, -0.1) is 0 Å². The largest absolute Gasteiger partial charge is 0.310 e. The van der Waals surface area contributed by atoms with E-state index in [0.717, 1.165) is 33.8 Å². The van der Waals surface area contributed by atoms with Crippen LogP contribution in [0.4, 0.5) is 17.1 Å². The summed E-state index contributed by atoms with van der Waals surface area (Å²) < 4.78 is 2.42. The molecular formula is C70H48N2. The van der Waals surface area contributed by atoms with Crippen molar-refractivity contribution in [3.05, 3.63) is 291 Å². The van der Waals surface area contributed by atoms with E-state index in [-0.39, 0.29) is 0 Å². The number of nitrogens with zero attached hydrogens (tertiary/aromatic N) is 2. The first-order valence-electron chi connectivity index (χ1n) is 24.7. The number of hydrogen-bond acceptors (Lipinski definition) is 1. The standard InChI is InChI=1S/C70H48N2/c1-5-18-49(19-6-1)50-32-39-59(40-33-50)72-67-31-16-15-28-65(67)66-47-45-60(48-68(66)72)71(57-41-34-54(35-42-57)64-46-38-53-24-13-14-27-61(53)69(64)55-25-11-4-12-26-55)58-43-36-56(37-44-58)70-62(51-20-7-2-8-21-51)29-17-30-63(70)52-22-9-3-10-23-52/h1-48H. The molecule has 0 unspecified atom stereocenters. The molecule has 0 N–H and O–H groups in total. The van der Waals surface area contributed by atoms with E-state index in [1.807, 2.05) is 0 Å². The number of para-hydroxylation sites is 1. The summed E-state index contributed by atoms with van der Waals surface area (Å²) in [6, 6.07) is 106. The fourth-order valence-electron chi connectivity index (χ4n) is 10.8. The van der Waals surface area contributed by atoms with Crippen LogP contribution in [-0.4, -0.2) is 4.57 Å². The van der Waals surface area contributed by atoms with Crippen LogP contribution in [0.15, 0.2) is 291 Å². The Morgan fingerprint density at radius 2 is 0.667 bits per heavy atom. The lowest BCUT2D eigenvalue weighted by atomic mass is 9.87. The van der Waals surface area contributed by atoms with Crippen molar-refractivity contribution >= 4 is 49.6 Å². The fraction of sp³-hybridized carbons (Fsp3) is 0. The van der Waals surface area contributed by atoms with Gasteiger partial charge in [0.2, 0.25) is 0 Å². The molecule has 13 aromatic rings. The van der Waals surface area contributed by atoms with Gasteiger partial charge in [-0.2, -0.15) is 0 Å². The Bertz CT molecular complexity index is 3970. The third-order valence-corrected chi connectivity index (χ3v) is 14.2. The molecule has 1 aromatic heterocycles. The molecule has 0 saturated heterocycles. The van der Waals surface area contributed by atoms with Gasteiger partial charge in [0.25, 0.3) is 0 Å². The first-order valence-corrected chi connectivity index (χ1v) is 24.7. The van der Waals surface area contributed by atoms with E-state index < -0.39 is 0 Å². The minimum atomic E-state index is 1.06. The lowest BCUT2D eigenvalue weighted by molar-refractivity contribution is 1.18. The highest BCUT2D eigenvalue weighted by Gasteiger charge is 2.21. The van der Waals surface area contributed by atoms with Crippen LogP contribution in [0.3, 0.4) is 0 Å². The second kappa shape index (κ2) is 18.4. The average Bonchev–Trinajstić information content (AvgIpc) is 3.79. The summed E-state index contributed by atoms with van der Waals surface area (Å²) in [6.07, 6.45) is 0. The van der Waals surface area contributed by atoms with Crippen molar-refractivity contribution in [1.29, 1.82) is 0 Å². The molecule has 0 aliphatic rings. The molecular weight excluding hydrogens is 869 g/mol. The van der Waals surface area contributed by atoms with Crippen LogP contribution >= 0.6 is 0 Å². The average molecular weight is 917 g/mol. The van der Waals surface area contributed by atoms with Crippen LogP contribution in [-0.2, 0) is 0 Å². The van der Waals surface area contributed by atoms with E-state index >= 15 is 0 Å². The van der Waals surface area contributed by atoms with Crippen molar-refractivity contribution in [3.63, 3.8) is 0 Å². The molecule has 0 atom stereocenters. The van der Waals surface area contributed by atoms with Crippen molar-refractivity contribution in [2.45, 2.75) is 0 Å². The molecule has 0 aliphatic carbocycles. The van der Waals surface area contributed by atoms with Gasteiger partial charge in [-0.25, -0.2) is 0 Å². The van der Waals surface area contributed by atoms with Gasteiger partial charge < -0.3 is 9.47 Å². The van der Waals surface area contributed by atoms with Crippen LogP contribution in [0.25, 0.3) is 105 Å². The molecule has 0 aliphatic heterocycles. The first-order chi connectivity index (χ1) is 35.7. The normalized spacial score (nSPS) is 11.3. The molecule has 12 aromatic carbocycles. The Morgan fingerprint density at radius 1 is 0.236 bits per heavy atom. The maximum atomic E-state index is 2.42. The van der Waals surface area contributed by atoms with Crippen molar-refractivity contribution in [3.8, 4) is 72.4 Å². The van der Waals surface area contributed by atoms with E-state index in [1.165, 1.54) is 88.3 Å². The molecule has 2 nitrogen and oxygen atoms in total. The summed E-state index contributed by atoms with van der Waals surface area (Å²) in [5.74, 6) is 0. The molecule has 13 rings (SSSR count). The van der Waals surface area contributed by atoms with Gasteiger partial charge >= 0.3 is 0 Å². The van der Waals surface area contributed by atoms with E-state index in [2.05, 4.69) is 301 Å². The quantitative estimate of drug-likeness (QED) is 0.133. The molecule has 1 heterocycles. The molecule has 0 spiro atoms. The van der Waals surface area contributed by atoms with E-state index in [4.69, 9.17) is 0 Å². The number of anilines is 3. The molecule has 0 radical (unpaired) electrons. The minimum Gasteiger partial charge on any atom is -0.310 e. The number of rotatable bonds is 10. The molecule has 2 heteroatoms. The Balaban J connectivity index is 0.979. The van der Waals surface area contributed by atoms with Gasteiger partial charge in [0.1, 0.15) is 0 Å². The molecule has 0 amide bonds. The number of aromatic nitrogens is 1. The Kier molecular flexibility index (Phi) is 10.9. The van der Waals surface area contributed by atoms with Crippen molar-refractivity contribution in [2.24, 2.45) is 0 Å². The molecule has 0 saturated carbocycles. The third-order valence-electron chi connectivity index (χ3n) is 14.2. The highest BCUT2D eigenvalue weighted by Crippen LogP contribution is 2.45. The molecule has 0 fully saturated rings. The van der Waals surface area contributed by atoms with E-state index in [9.17, 15) is 0 Å². The van der Waals surface area contributed by atoms with Gasteiger partial charge in [0.15, 0.2) is 0 Å². The summed E-state index contributed by atoms with van der Waals surface area (Å²) in [4.78, 5) is 2.41. The van der Waals surface area contributed by atoms with Crippen LogP contribution in [0.1, 0.15) is 0 Å². The Labute approximate surface area is 420 Å². The predicted octanol–water partition coefficient (Wildman–Crippen LogP) is 19.4. The maximum absolute atomic E-state index is 2.42. The highest BCUT2D eigenvalue weighted by molar-refractivity contribution is 6.11. The fourth-order valence-corrected chi connectivity index (χ4v) is 10.8. The summed E-state index contributed by atoms with van der Waals surface area (Å²) >= 11 is 0. The van der Waals surface area contributed by atoms with Crippen molar-refractivity contribution < 1.29 is 0 Å². The smallest absolute Gasteiger partial charge is 0.0561 e. The maximum Gasteiger partial charge on any atom is 0.0561 e. The third kappa shape index (κ3) is 7.73. The summed E-state index contributed by atoms with van der Waals surface area (Å²) in [6.45, 7) is 0. The highest BCUT2D eigenvalue weighted by atomic mass is 15.1. The lowest BCUT2D eigenvalue weighted by Crippen LogP contribution is -2.10. The Morgan fingerprint density at radius 3 is 1.29 bits per heavy atom. The van der Waals surface area contributed by atoms with Crippen LogP contribution < -0.4 is 4.90 Å². The second-order valence-corrected chi connectivity index (χ2v) is 18.4. The van der Waals surface area contributed by atoms with Gasteiger partial charge in [-0.1, -0.05) is 237 Å². The number of hydrogen-bond donors (Lipinski definition) is 0. The van der Waals surface area contributed by atoms with Gasteiger partial charge in [-0.05, 0) is 132 Å². The first kappa shape index (κ1) is 42.6. The zero-order valence-electron chi connectivity index (χ0n) is 39.6. The van der Waals surface area contributed by atoms with Crippen LogP contribution in [0, 0.1) is 0 Å². The van der Waals surface area contributed by atoms with Gasteiger partial charge in [0.05, 0.1) is 11.0 Å². The predicted molar refractivity (Wildman–Crippen MR) is 306 cm³/mol. The van der Waals surface area contributed by atoms with Gasteiger partial charge in [-0.3, -0.25) is 0 Å². The SMILES string of the molecule is c1ccc(-c2ccc(-n3c4ccccc4c4ccc(N(c5ccc(-c6ccc7ccccc7c6-c6ccccc6)cc5)c5ccc(-c6c(-c7ccccc7)cccc6-c6ccccc6)cc5)cc43)cc2)cc1. The zero-order valence-corrected chi connectivity index (χ0v) is 39.6. The summed E-state index contributed by atoms with van der Waals surface area (Å²) in [5.41, 5.74) is 21.0.